The second kappa shape index (κ2) is 7.67. The Kier molecular flexibility index (Phi) is 5.50. The Hall–Kier alpha value is -2.42. The fourth-order valence-electron chi connectivity index (χ4n) is 3.61. The van der Waals surface area contributed by atoms with Crippen molar-refractivity contribution in [2.45, 2.75) is 50.7 Å². The highest BCUT2D eigenvalue weighted by molar-refractivity contribution is 6.01. The van der Waals surface area contributed by atoms with E-state index in [1.54, 1.807) is 21.1 Å². The fraction of sp³-hybridized carbons (Fsp3) is 0.667. The van der Waals surface area contributed by atoms with E-state index in [1.807, 2.05) is 0 Å². The molecule has 9 nitrogen and oxygen atoms in total. The molecule has 0 radical (unpaired) electrons. The van der Waals surface area contributed by atoms with E-state index in [4.69, 9.17) is 4.74 Å². The first kappa shape index (κ1) is 19.3. The second-order valence-corrected chi connectivity index (χ2v) is 7.41. The lowest BCUT2D eigenvalue weighted by Gasteiger charge is -2.41. The van der Waals surface area contributed by atoms with Gasteiger partial charge in [-0.1, -0.05) is 12.8 Å². The number of aromatic nitrogens is 2. The zero-order chi connectivity index (χ0) is 19.6. The van der Waals surface area contributed by atoms with Crippen LogP contribution >= 0.6 is 0 Å². The predicted molar refractivity (Wildman–Crippen MR) is 97.3 cm³/mol. The molecule has 1 aliphatic carbocycles. The van der Waals surface area contributed by atoms with Gasteiger partial charge in [0.05, 0.1) is 13.2 Å². The van der Waals surface area contributed by atoms with Crippen LogP contribution in [0.15, 0.2) is 6.07 Å². The number of methoxy groups -OCH3 is 1. The van der Waals surface area contributed by atoms with Crippen LogP contribution in [0.2, 0.25) is 0 Å². The maximum atomic E-state index is 12.9. The fourth-order valence-corrected chi connectivity index (χ4v) is 3.61. The molecule has 148 valence electrons. The summed E-state index contributed by atoms with van der Waals surface area (Å²) in [5.41, 5.74) is -0.591. The molecule has 0 saturated heterocycles. The first-order chi connectivity index (χ1) is 12.9. The standard InChI is InChI=1S/C18H27N5O4/c1-18(17(26)20-12-6-4-5-7-12)11-23-14(16(25)22(18)2)10-13(21-23)15(24)19-8-9-27-3/h10,12H,4-9,11H2,1-3H3,(H,19,24)(H,20,26)/t18-/m1/s1. The van der Waals surface area contributed by atoms with Gasteiger partial charge in [-0.3, -0.25) is 19.1 Å². The summed E-state index contributed by atoms with van der Waals surface area (Å²) < 4.78 is 6.36. The van der Waals surface area contributed by atoms with Gasteiger partial charge in [0.25, 0.3) is 11.8 Å². The molecule has 0 bridgehead atoms. The van der Waals surface area contributed by atoms with Gasteiger partial charge < -0.3 is 20.3 Å². The number of amides is 3. The van der Waals surface area contributed by atoms with Crippen LogP contribution in [0.3, 0.4) is 0 Å². The van der Waals surface area contributed by atoms with Crippen LogP contribution < -0.4 is 10.6 Å². The number of ether oxygens (including phenoxy) is 1. The molecule has 1 saturated carbocycles. The molecule has 2 heterocycles. The van der Waals surface area contributed by atoms with Gasteiger partial charge >= 0.3 is 0 Å². The number of hydrogen-bond acceptors (Lipinski definition) is 5. The summed E-state index contributed by atoms with van der Waals surface area (Å²) in [6.45, 7) is 2.68. The van der Waals surface area contributed by atoms with Crippen molar-refractivity contribution in [3.05, 3.63) is 17.5 Å². The third-order valence-electron chi connectivity index (χ3n) is 5.51. The van der Waals surface area contributed by atoms with Crippen LogP contribution in [0.5, 0.6) is 0 Å². The molecule has 1 fully saturated rings. The summed E-state index contributed by atoms with van der Waals surface area (Å²) in [5, 5.41) is 10.0. The van der Waals surface area contributed by atoms with Gasteiger partial charge in [-0.15, -0.1) is 0 Å². The molecule has 9 heteroatoms. The molecule has 3 rings (SSSR count). The van der Waals surface area contributed by atoms with Crippen LogP contribution in [0.1, 0.15) is 53.6 Å². The number of fused-ring (bicyclic) bond motifs is 1. The molecule has 3 amide bonds. The summed E-state index contributed by atoms with van der Waals surface area (Å²) in [7, 11) is 3.17. The molecule has 1 aromatic rings. The van der Waals surface area contributed by atoms with E-state index >= 15 is 0 Å². The normalized spacial score (nSPS) is 22.6. The van der Waals surface area contributed by atoms with Crippen molar-refractivity contribution in [2.75, 3.05) is 27.3 Å². The minimum Gasteiger partial charge on any atom is -0.383 e. The molecular weight excluding hydrogens is 350 g/mol. The van der Waals surface area contributed by atoms with E-state index < -0.39 is 5.54 Å². The summed E-state index contributed by atoms with van der Waals surface area (Å²) in [4.78, 5) is 39.4. The molecule has 2 N–H and O–H groups in total. The number of rotatable bonds is 6. The van der Waals surface area contributed by atoms with Crippen LogP contribution in [0, 0.1) is 0 Å². The Bertz CT molecular complexity index is 740. The molecule has 27 heavy (non-hydrogen) atoms. The lowest BCUT2D eigenvalue weighted by atomic mass is 9.95. The van der Waals surface area contributed by atoms with Crippen LogP contribution in [-0.4, -0.2) is 71.3 Å². The van der Waals surface area contributed by atoms with Gasteiger partial charge in [0, 0.05) is 32.8 Å². The highest BCUT2D eigenvalue weighted by Crippen LogP contribution is 2.27. The molecule has 1 aromatic heterocycles. The Labute approximate surface area is 158 Å². The summed E-state index contributed by atoms with van der Waals surface area (Å²) in [5.74, 6) is -0.882. The van der Waals surface area contributed by atoms with Crippen molar-refractivity contribution >= 4 is 17.7 Å². The van der Waals surface area contributed by atoms with E-state index in [0.717, 1.165) is 25.7 Å². The van der Waals surface area contributed by atoms with Crippen LogP contribution in [0.4, 0.5) is 0 Å². The zero-order valence-corrected chi connectivity index (χ0v) is 16.1. The minimum atomic E-state index is -1.05. The molecule has 2 aliphatic rings. The summed E-state index contributed by atoms with van der Waals surface area (Å²) >= 11 is 0. The average molecular weight is 377 g/mol. The minimum absolute atomic E-state index is 0.156. The number of likely N-dealkylation sites (N-methyl/N-ethyl adjacent to an activating group) is 1. The summed E-state index contributed by atoms with van der Waals surface area (Å²) in [6, 6.07) is 1.63. The monoisotopic (exact) mass is 377 g/mol. The number of hydrogen-bond donors (Lipinski definition) is 2. The molecule has 1 aliphatic heterocycles. The number of nitrogens with zero attached hydrogens (tertiary/aromatic N) is 3. The Morgan fingerprint density at radius 1 is 1.37 bits per heavy atom. The largest absolute Gasteiger partial charge is 0.383 e. The number of carbonyl (C=O) groups is 3. The molecule has 1 atom stereocenters. The average Bonchev–Trinajstić information content (AvgIpc) is 3.29. The predicted octanol–water partition coefficient (Wildman–Crippen LogP) is 0.162. The quantitative estimate of drug-likeness (QED) is 0.687. The highest BCUT2D eigenvalue weighted by atomic mass is 16.5. The Morgan fingerprint density at radius 2 is 2.07 bits per heavy atom. The first-order valence-corrected chi connectivity index (χ1v) is 9.31. The van der Waals surface area contributed by atoms with Gasteiger partial charge in [-0.05, 0) is 19.8 Å². The van der Waals surface area contributed by atoms with Gasteiger partial charge in [0.2, 0.25) is 5.91 Å². The van der Waals surface area contributed by atoms with Crippen molar-refractivity contribution < 1.29 is 19.1 Å². The Morgan fingerprint density at radius 3 is 2.74 bits per heavy atom. The SMILES string of the molecule is COCCNC(=O)c1cc2n(n1)C[C@](C)(C(=O)NC1CCCC1)N(C)C2=O. The van der Waals surface area contributed by atoms with Crippen molar-refractivity contribution in [3.63, 3.8) is 0 Å². The van der Waals surface area contributed by atoms with E-state index in [1.165, 1.54) is 15.6 Å². The number of nitrogens with one attached hydrogen (secondary N) is 2. The molecule has 0 unspecified atom stereocenters. The van der Waals surface area contributed by atoms with Gasteiger partial charge in [0.1, 0.15) is 11.2 Å². The lowest BCUT2D eigenvalue weighted by molar-refractivity contribution is -0.133. The molecule has 0 aromatic carbocycles. The topological polar surface area (TPSA) is 106 Å². The number of carbonyl (C=O) groups excluding carboxylic acids is 3. The van der Waals surface area contributed by atoms with E-state index in [9.17, 15) is 14.4 Å². The van der Waals surface area contributed by atoms with E-state index in [-0.39, 0.29) is 36.0 Å². The third-order valence-corrected chi connectivity index (χ3v) is 5.51. The lowest BCUT2D eigenvalue weighted by Crippen LogP contribution is -2.63. The van der Waals surface area contributed by atoms with Crippen molar-refractivity contribution in [2.24, 2.45) is 0 Å². The molecule has 0 spiro atoms. The van der Waals surface area contributed by atoms with Gasteiger partial charge in [-0.2, -0.15) is 5.10 Å². The maximum Gasteiger partial charge on any atom is 0.272 e. The van der Waals surface area contributed by atoms with Crippen LogP contribution in [-0.2, 0) is 16.1 Å². The van der Waals surface area contributed by atoms with E-state index in [0.29, 0.717) is 18.8 Å². The van der Waals surface area contributed by atoms with Crippen molar-refractivity contribution in [1.29, 1.82) is 0 Å². The van der Waals surface area contributed by atoms with Gasteiger partial charge in [0.15, 0.2) is 5.69 Å². The van der Waals surface area contributed by atoms with Crippen molar-refractivity contribution in [3.8, 4) is 0 Å². The maximum absolute atomic E-state index is 12.9. The van der Waals surface area contributed by atoms with Crippen molar-refractivity contribution in [1.82, 2.24) is 25.3 Å². The highest BCUT2D eigenvalue weighted by Gasteiger charge is 2.46. The van der Waals surface area contributed by atoms with Gasteiger partial charge in [-0.25, -0.2) is 0 Å². The molecular formula is C18H27N5O4. The second-order valence-electron chi connectivity index (χ2n) is 7.41. The first-order valence-electron chi connectivity index (χ1n) is 9.31. The smallest absolute Gasteiger partial charge is 0.272 e. The zero-order valence-electron chi connectivity index (χ0n) is 16.1. The van der Waals surface area contributed by atoms with Crippen LogP contribution in [0.25, 0.3) is 0 Å². The summed E-state index contributed by atoms with van der Waals surface area (Å²) in [6.07, 6.45) is 4.17. The third kappa shape index (κ3) is 3.69. The van der Waals surface area contributed by atoms with E-state index in [2.05, 4.69) is 15.7 Å². The Balaban J connectivity index is 1.78.